The molecule has 0 atom stereocenters. The summed E-state index contributed by atoms with van der Waals surface area (Å²) in [6.45, 7) is 8.95. The Kier molecular flexibility index (Phi) is 9.35. The Morgan fingerprint density at radius 1 is 0.714 bits per heavy atom. The first-order valence-electron chi connectivity index (χ1n) is 9.59. The van der Waals surface area contributed by atoms with Gasteiger partial charge < -0.3 is 0 Å². The summed E-state index contributed by atoms with van der Waals surface area (Å²) in [4.78, 5) is 0. The molecular weight excluding hydrogens is 462 g/mol. The first-order chi connectivity index (χ1) is 13.3. The van der Waals surface area contributed by atoms with E-state index in [0.29, 0.717) is 11.8 Å². The van der Waals surface area contributed by atoms with E-state index in [1.807, 2.05) is 0 Å². The van der Waals surface area contributed by atoms with Crippen molar-refractivity contribution in [1.29, 1.82) is 0 Å². The maximum absolute atomic E-state index is 5.13. The van der Waals surface area contributed by atoms with E-state index >= 15 is 0 Å². The van der Waals surface area contributed by atoms with Gasteiger partial charge >= 0.3 is 40.1 Å². The zero-order valence-corrected chi connectivity index (χ0v) is 21.0. The number of benzene rings is 2. The molecule has 0 saturated carbocycles. The Labute approximate surface area is 184 Å². The Morgan fingerprint density at radius 2 is 1.07 bits per heavy atom. The summed E-state index contributed by atoms with van der Waals surface area (Å²) in [5.41, 5.74) is 2.91. The van der Waals surface area contributed by atoms with E-state index in [0.717, 1.165) is 0 Å². The van der Waals surface area contributed by atoms with Crippen molar-refractivity contribution in [2.24, 2.45) is 0 Å². The van der Waals surface area contributed by atoms with Gasteiger partial charge in [0.1, 0.15) is 0 Å². The summed E-state index contributed by atoms with van der Waals surface area (Å²) in [6, 6.07) is 26.0. The predicted octanol–water partition coefficient (Wildman–Crippen LogP) is 8.71. The topological polar surface area (TPSA) is 0 Å². The predicted molar refractivity (Wildman–Crippen MR) is 126 cm³/mol. The molecule has 0 aromatic heterocycles. The van der Waals surface area contributed by atoms with Gasteiger partial charge in [-0.15, -0.1) is 57.9 Å². The molecule has 0 heterocycles. The van der Waals surface area contributed by atoms with Crippen LogP contribution in [-0.4, -0.2) is 4.21 Å². The van der Waals surface area contributed by atoms with E-state index < -0.39 is 18.9 Å². The maximum atomic E-state index is 5.13. The van der Waals surface area contributed by atoms with Crippen LogP contribution in [0.4, 0.5) is 0 Å². The second kappa shape index (κ2) is 11.2. The Hall–Kier alpha value is -1.01. The Balaban J connectivity index is 0.000000169. The second-order valence-electron chi connectivity index (χ2n) is 7.40. The molecular formula is C25H28Cl2Zr-2. The van der Waals surface area contributed by atoms with Gasteiger partial charge in [-0.1, -0.05) is 51.0 Å². The first-order valence-corrected chi connectivity index (χ1v) is 17.7. The van der Waals surface area contributed by atoms with Crippen molar-refractivity contribution in [3.8, 4) is 0 Å². The zero-order valence-electron chi connectivity index (χ0n) is 17.0. The quantitative estimate of drug-likeness (QED) is 0.247. The third-order valence-electron chi connectivity index (χ3n) is 4.67. The average Bonchev–Trinajstić information content (AvgIpc) is 3.29. The first kappa shape index (κ1) is 23.3. The molecule has 28 heavy (non-hydrogen) atoms. The summed E-state index contributed by atoms with van der Waals surface area (Å²) in [5, 5.41) is 5.54. The second-order valence-corrected chi connectivity index (χ2v) is 15.6. The van der Waals surface area contributed by atoms with Crippen molar-refractivity contribution in [2.45, 2.75) is 39.5 Å². The normalized spacial score (nSPS) is 10.6. The van der Waals surface area contributed by atoms with Crippen LogP contribution < -0.4 is 0 Å². The van der Waals surface area contributed by atoms with Gasteiger partial charge in [0.25, 0.3) is 0 Å². The van der Waals surface area contributed by atoms with Crippen LogP contribution in [0.5, 0.6) is 0 Å². The summed E-state index contributed by atoms with van der Waals surface area (Å²) in [6.07, 6.45) is 0. The third-order valence-corrected chi connectivity index (χ3v) is 4.67. The number of halogens is 2. The van der Waals surface area contributed by atoms with Gasteiger partial charge in [0.05, 0.1) is 0 Å². The molecule has 4 rings (SSSR count). The van der Waals surface area contributed by atoms with Crippen LogP contribution in [0.15, 0.2) is 72.8 Å². The number of rotatable bonds is 2. The van der Waals surface area contributed by atoms with Crippen LogP contribution >= 0.6 is 17.0 Å². The summed E-state index contributed by atoms with van der Waals surface area (Å²) in [5.74, 6) is 1.24. The SMILES string of the molecule is CC(C)c1cccc2[cH-]ccc12.CC(C)c1cccc2[cH-]ccc12.[CH2]=[Zr]([Cl])[Cl]. The van der Waals surface area contributed by atoms with E-state index in [1.54, 1.807) is 0 Å². The fraction of sp³-hybridized carbons (Fsp3) is 0.240. The molecule has 0 aliphatic carbocycles. The summed E-state index contributed by atoms with van der Waals surface area (Å²) >= 11 is -1.85. The molecule has 0 aliphatic heterocycles. The van der Waals surface area contributed by atoms with E-state index in [2.05, 4.69) is 105 Å². The van der Waals surface area contributed by atoms with Gasteiger partial charge in [-0.2, -0.15) is 24.3 Å². The van der Waals surface area contributed by atoms with E-state index in [9.17, 15) is 0 Å². The van der Waals surface area contributed by atoms with Crippen LogP contribution in [0.25, 0.3) is 21.5 Å². The molecule has 0 fully saturated rings. The molecule has 0 nitrogen and oxygen atoms in total. The molecule has 0 aliphatic rings. The molecule has 148 valence electrons. The molecule has 0 bridgehead atoms. The van der Waals surface area contributed by atoms with E-state index in [1.165, 1.54) is 32.7 Å². The molecule has 0 N–H and O–H groups in total. The van der Waals surface area contributed by atoms with Gasteiger partial charge in [-0.3, -0.25) is 0 Å². The van der Waals surface area contributed by atoms with Crippen molar-refractivity contribution in [1.82, 2.24) is 0 Å². The van der Waals surface area contributed by atoms with Gasteiger partial charge in [0.15, 0.2) is 0 Å². The van der Waals surface area contributed by atoms with Crippen LogP contribution in [0.3, 0.4) is 0 Å². The van der Waals surface area contributed by atoms with Crippen LogP contribution in [0, 0.1) is 0 Å². The molecule has 0 radical (unpaired) electrons. The van der Waals surface area contributed by atoms with Gasteiger partial charge in [0, 0.05) is 0 Å². The van der Waals surface area contributed by atoms with Gasteiger partial charge in [-0.25, -0.2) is 0 Å². The number of hydrogen-bond donors (Lipinski definition) is 0. The number of fused-ring (bicyclic) bond motifs is 2. The molecule has 0 saturated heterocycles. The monoisotopic (exact) mass is 488 g/mol. The van der Waals surface area contributed by atoms with Crippen molar-refractivity contribution < 1.29 is 18.9 Å². The fourth-order valence-electron chi connectivity index (χ4n) is 3.38. The third kappa shape index (κ3) is 6.52. The summed E-state index contributed by atoms with van der Waals surface area (Å²) in [7, 11) is 10.3. The van der Waals surface area contributed by atoms with Crippen LogP contribution in [0.2, 0.25) is 0 Å². The van der Waals surface area contributed by atoms with Crippen molar-refractivity contribution in [3.05, 3.63) is 83.9 Å². The zero-order chi connectivity index (χ0) is 20.7. The Bertz CT molecular complexity index is 939. The molecule has 0 amide bonds. The Morgan fingerprint density at radius 3 is 1.39 bits per heavy atom. The molecule has 0 spiro atoms. The fourth-order valence-corrected chi connectivity index (χ4v) is 3.38. The number of hydrogen-bond acceptors (Lipinski definition) is 0. The molecule has 3 heteroatoms. The van der Waals surface area contributed by atoms with Crippen LogP contribution in [-0.2, 0) is 18.9 Å². The van der Waals surface area contributed by atoms with E-state index in [4.69, 9.17) is 17.0 Å². The van der Waals surface area contributed by atoms with Crippen molar-refractivity contribution in [2.75, 3.05) is 0 Å². The van der Waals surface area contributed by atoms with Crippen molar-refractivity contribution >= 4 is 42.8 Å². The molecule has 4 aromatic carbocycles. The average molecular weight is 491 g/mol. The minimum atomic E-state index is -1.85. The molecule has 4 aromatic rings. The summed E-state index contributed by atoms with van der Waals surface area (Å²) < 4.78 is 3.37. The van der Waals surface area contributed by atoms with Crippen molar-refractivity contribution in [3.63, 3.8) is 0 Å². The van der Waals surface area contributed by atoms with Gasteiger partial charge in [-0.05, 0) is 11.8 Å². The standard InChI is InChI=1S/2C12H13.CH2.2ClH.Zr/c2*1-9(2)11-7-3-5-10-6-4-8-12(10)11;;;;/h2*3-9H,1-2H3;1H2;2*1H;/q2*-1;;;;+2/p-2. The van der Waals surface area contributed by atoms with E-state index in [-0.39, 0.29) is 0 Å². The van der Waals surface area contributed by atoms with Gasteiger partial charge in [0.2, 0.25) is 0 Å². The minimum absolute atomic E-state index is 0.621. The molecule has 0 unspecified atom stereocenters. The van der Waals surface area contributed by atoms with Crippen LogP contribution in [0.1, 0.15) is 50.7 Å².